The Bertz CT molecular complexity index is 545. The summed E-state index contributed by atoms with van der Waals surface area (Å²) in [7, 11) is 1.82. The van der Waals surface area contributed by atoms with E-state index in [4.69, 9.17) is 0 Å². The van der Waals surface area contributed by atoms with E-state index in [-0.39, 0.29) is 5.91 Å². The number of hydrogen-bond donors (Lipinski definition) is 0. The van der Waals surface area contributed by atoms with Crippen LogP contribution in [0.2, 0.25) is 0 Å². The molecule has 0 N–H and O–H groups in total. The minimum atomic E-state index is 0.0639. The number of anilines is 1. The van der Waals surface area contributed by atoms with Gasteiger partial charge < -0.3 is 4.90 Å². The van der Waals surface area contributed by atoms with Gasteiger partial charge in [-0.05, 0) is 37.1 Å². The summed E-state index contributed by atoms with van der Waals surface area (Å²) in [4.78, 5) is 16.2. The van der Waals surface area contributed by atoms with Crippen molar-refractivity contribution in [2.24, 2.45) is 0 Å². The third kappa shape index (κ3) is 2.46. The molecule has 2 aromatic rings. The van der Waals surface area contributed by atoms with Crippen molar-refractivity contribution in [1.29, 1.82) is 0 Å². The van der Waals surface area contributed by atoms with Gasteiger partial charge in [0.2, 0.25) is 0 Å². The van der Waals surface area contributed by atoms with Gasteiger partial charge in [0.25, 0.3) is 5.91 Å². The van der Waals surface area contributed by atoms with E-state index in [1.165, 1.54) is 10.4 Å². The van der Waals surface area contributed by atoms with Crippen LogP contribution in [-0.4, -0.2) is 13.0 Å². The minimum absolute atomic E-state index is 0.0639. The highest BCUT2D eigenvalue weighted by atomic mass is 32.1. The first kappa shape index (κ1) is 12.8. The molecule has 1 amide bonds. The van der Waals surface area contributed by atoms with Crippen LogP contribution in [0.5, 0.6) is 0 Å². The van der Waals surface area contributed by atoms with Crippen molar-refractivity contribution in [1.82, 2.24) is 0 Å². The van der Waals surface area contributed by atoms with E-state index in [1.54, 1.807) is 16.2 Å². The van der Waals surface area contributed by atoms with Gasteiger partial charge in [-0.15, -0.1) is 11.3 Å². The van der Waals surface area contributed by atoms with E-state index in [0.29, 0.717) is 0 Å². The van der Waals surface area contributed by atoms with E-state index >= 15 is 0 Å². The number of para-hydroxylation sites is 1. The summed E-state index contributed by atoms with van der Waals surface area (Å²) in [5.74, 6) is 0.0639. The van der Waals surface area contributed by atoms with Crippen molar-refractivity contribution in [3.05, 3.63) is 51.7 Å². The topological polar surface area (TPSA) is 20.3 Å². The summed E-state index contributed by atoms with van der Waals surface area (Å²) in [5, 5.41) is 0. The molecular weight excluding hydrogens is 242 g/mol. The lowest BCUT2D eigenvalue weighted by Gasteiger charge is -2.15. The molecule has 0 aliphatic heterocycles. The number of benzene rings is 1. The van der Waals surface area contributed by atoms with Crippen LogP contribution >= 0.6 is 11.3 Å². The molecule has 2 nitrogen and oxygen atoms in total. The van der Waals surface area contributed by atoms with Gasteiger partial charge in [-0.3, -0.25) is 4.79 Å². The van der Waals surface area contributed by atoms with Crippen LogP contribution in [0.25, 0.3) is 0 Å². The largest absolute Gasteiger partial charge is 0.311 e. The number of rotatable bonds is 3. The molecule has 0 saturated heterocycles. The molecule has 0 fully saturated rings. The Labute approximate surface area is 112 Å². The van der Waals surface area contributed by atoms with Gasteiger partial charge in [-0.25, -0.2) is 0 Å². The second kappa shape index (κ2) is 5.36. The molecule has 0 spiro atoms. The molecule has 0 atom stereocenters. The zero-order valence-corrected chi connectivity index (χ0v) is 11.8. The van der Waals surface area contributed by atoms with Gasteiger partial charge in [-0.2, -0.15) is 0 Å². The third-order valence-corrected chi connectivity index (χ3v) is 4.37. The van der Waals surface area contributed by atoms with Crippen LogP contribution in [0.3, 0.4) is 0 Å². The Hall–Kier alpha value is -1.61. The normalized spacial score (nSPS) is 10.4. The van der Waals surface area contributed by atoms with Gasteiger partial charge >= 0.3 is 0 Å². The second-order valence-corrected chi connectivity index (χ2v) is 5.41. The maximum absolute atomic E-state index is 12.4. The molecule has 0 aliphatic rings. The van der Waals surface area contributed by atoms with Gasteiger partial charge in [-0.1, -0.05) is 25.1 Å². The quantitative estimate of drug-likeness (QED) is 0.818. The molecule has 94 valence electrons. The first-order valence-electron chi connectivity index (χ1n) is 6.06. The number of carbonyl (C=O) groups excluding carboxylic acids is 1. The molecule has 18 heavy (non-hydrogen) atoms. The van der Waals surface area contributed by atoms with Gasteiger partial charge in [0.1, 0.15) is 0 Å². The third-order valence-electron chi connectivity index (χ3n) is 3.00. The van der Waals surface area contributed by atoms with E-state index in [9.17, 15) is 4.79 Å². The van der Waals surface area contributed by atoms with E-state index in [2.05, 4.69) is 13.8 Å². The van der Waals surface area contributed by atoms with Crippen molar-refractivity contribution in [2.75, 3.05) is 11.9 Å². The number of hydrogen-bond acceptors (Lipinski definition) is 2. The monoisotopic (exact) mass is 259 g/mol. The maximum atomic E-state index is 12.4. The average molecular weight is 259 g/mol. The Kier molecular flexibility index (Phi) is 3.82. The lowest BCUT2D eigenvalue weighted by molar-refractivity contribution is 0.0997. The average Bonchev–Trinajstić information content (AvgIpc) is 2.79. The van der Waals surface area contributed by atoms with Gasteiger partial charge in [0.15, 0.2) is 0 Å². The van der Waals surface area contributed by atoms with Crippen LogP contribution in [-0.2, 0) is 6.42 Å². The zero-order valence-electron chi connectivity index (χ0n) is 10.9. The number of nitrogens with zero attached hydrogens (tertiary/aromatic N) is 1. The van der Waals surface area contributed by atoms with E-state index < -0.39 is 0 Å². The molecule has 1 aromatic carbocycles. The minimum Gasteiger partial charge on any atom is -0.311 e. The SMILES string of the molecule is CCc1sc(C(=O)N(C)c2ccccc2)cc1C. The fraction of sp³-hybridized carbons (Fsp3) is 0.267. The predicted octanol–water partition coefficient (Wildman–Crippen LogP) is 3.90. The summed E-state index contributed by atoms with van der Waals surface area (Å²) in [6, 6.07) is 11.7. The van der Waals surface area contributed by atoms with Crippen molar-refractivity contribution >= 4 is 22.9 Å². The summed E-state index contributed by atoms with van der Waals surface area (Å²) in [6.45, 7) is 4.18. The predicted molar refractivity (Wildman–Crippen MR) is 77.6 cm³/mol. The Balaban J connectivity index is 2.26. The van der Waals surface area contributed by atoms with E-state index in [0.717, 1.165) is 17.0 Å². The standard InChI is InChI=1S/C15H17NOS/c1-4-13-11(2)10-14(18-13)15(17)16(3)12-8-6-5-7-9-12/h5-10H,4H2,1-3H3. The Morgan fingerprint density at radius 3 is 2.50 bits per heavy atom. The number of amides is 1. The summed E-state index contributed by atoms with van der Waals surface area (Å²) >= 11 is 1.60. The molecule has 0 bridgehead atoms. The lowest BCUT2D eigenvalue weighted by Crippen LogP contribution is -2.25. The molecule has 0 radical (unpaired) electrons. The first-order valence-corrected chi connectivity index (χ1v) is 6.87. The number of aryl methyl sites for hydroxylation is 2. The molecule has 1 heterocycles. The highest BCUT2D eigenvalue weighted by Crippen LogP contribution is 2.25. The van der Waals surface area contributed by atoms with Crippen LogP contribution in [0.15, 0.2) is 36.4 Å². The first-order chi connectivity index (χ1) is 8.63. The number of thiophene rings is 1. The number of carbonyl (C=O) groups is 1. The van der Waals surface area contributed by atoms with E-state index in [1.807, 2.05) is 43.4 Å². The molecule has 0 saturated carbocycles. The summed E-state index contributed by atoms with van der Waals surface area (Å²) in [5.41, 5.74) is 2.14. The van der Waals surface area contributed by atoms with Crippen LogP contribution < -0.4 is 4.90 Å². The van der Waals surface area contributed by atoms with Crippen molar-refractivity contribution in [2.45, 2.75) is 20.3 Å². The van der Waals surface area contributed by atoms with Crippen molar-refractivity contribution in [3.63, 3.8) is 0 Å². The summed E-state index contributed by atoms with van der Waals surface area (Å²) < 4.78 is 0. The molecular formula is C15H17NOS. The zero-order chi connectivity index (χ0) is 13.1. The maximum Gasteiger partial charge on any atom is 0.268 e. The molecule has 0 aliphatic carbocycles. The Morgan fingerprint density at radius 2 is 1.94 bits per heavy atom. The molecule has 0 unspecified atom stereocenters. The molecule has 1 aromatic heterocycles. The fourth-order valence-corrected chi connectivity index (χ4v) is 3.00. The van der Waals surface area contributed by atoms with Gasteiger partial charge in [0.05, 0.1) is 4.88 Å². The van der Waals surface area contributed by atoms with Crippen molar-refractivity contribution < 1.29 is 4.79 Å². The molecule has 3 heteroatoms. The second-order valence-electron chi connectivity index (χ2n) is 4.27. The molecule has 2 rings (SSSR count). The highest BCUT2D eigenvalue weighted by molar-refractivity contribution is 7.14. The van der Waals surface area contributed by atoms with Crippen LogP contribution in [0.4, 0.5) is 5.69 Å². The van der Waals surface area contributed by atoms with Gasteiger partial charge in [0, 0.05) is 17.6 Å². The lowest BCUT2D eigenvalue weighted by atomic mass is 10.2. The Morgan fingerprint density at radius 1 is 1.28 bits per heavy atom. The van der Waals surface area contributed by atoms with Crippen LogP contribution in [0, 0.1) is 6.92 Å². The fourth-order valence-electron chi connectivity index (χ4n) is 1.91. The summed E-state index contributed by atoms with van der Waals surface area (Å²) in [6.07, 6.45) is 0.985. The van der Waals surface area contributed by atoms with Crippen molar-refractivity contribution in [3.8, 4) is 0 Å². The highest BCUT2D eigenvalue weighted by Gasteiger charge is 2.16. The smallest absolute Gasteiger partial charge is 0.268 e. The van der Waals surface area contributed by atoms with Crippen LogP contribution in [0.1, 0.15) is 27.0 Å².